The molecule has 0 saturated carbocycles. The highest BCUT2D eigenvalue weighted by molar-refractivity contribution is 5.52. The number of imidazole rings is 1. The maximum atomic E-state index is 4.71. The smallest absolute Gasteiger partial charge is 0.182 e. The van der Waals surface area contributed by atoms with Crippen molar-refractivity contribution in [3.05, 3.63) is 48.6 Å². The molecule has 24 heavy (non-hydrogen) atoms. The van der Waals surface area contributed by atoms with E-state index in [0.29, 0.717) is 0 Å². The predicted molar refractivity (Wildman–Crippen MR) is 90.1 cm³/mol. The van der Waals surface area contributed by atoms with Crippen molar-refractivity contribution in [1.82, 2.24) is 34.2 Å². The average molecular weight is 323 g/mol. The molecule has 0 radical (unpaired) electrons. The molecule has 0 spiro atoms. The summed E-state index contributed by atoms with van der Waals surface area (Å²) < 4.78 is 4.24. The van der Waals surface area contributed by atoms with Gasteiger partial charge in [-0.2, -0.15) is 5.10 Å². The van der Waals surface area contributed by atoms with Crippen LogP contribution >= 0.6 is 0 Å². The van der Waals surface area contributed by atoms with Gasteiger partial charge in [-0.1, -0.05) is 0 Å². The highest BCUT2D eigenvalue weighted by atomic mass is 15.4. The van der Waals surface area contributed by atoms with Crippen molar-refractivity contribution in [2.45, 2.75) is 33.0 Å². The van der Waals surface area contributed by atoms with E-state index in [2.05, 4.69) is 31.5 Å². The molecule has 1 aliphatic rings. The van der Waals surface area contributed by atoms with Crippen LogP contribution < -0.4 is 0 Å². The largest absolute Gasteiger partial charge is 0.334 e. The van der Waals surface area contributed by atoms with Crippen molar-refractivity contribution in [1.29, 1.82) is 0 Å². The zero-order valence-corrected chi connectivity index (χ0v) is 13.8. The molecule has 0 fully saturated rings. The molecule has 0 N–H and O–H groups in total. The Balaban J connectivity index is 1.46. The van der Waals surface area contributed by atoms with E-state index in [1.54, 1.807) is 6.20 Å². The zero-order chi connectivity index (χ0) is 16.4. The number of aryl methyl sites for hydroxylation is 1. The normalized spacial score (nSPS) is 15.2. The Labute approximate surface area is 141 Å². The molecule has 0 saturated heterocycles. The monoisotopic (exact) mass is 323 g/mol. The Bertz CT molecular complexity index is 780. The summed E-state index contributed by atoms with van der Waals surface area (Å²) in [7, 11) is 0. The minimum atomic E-state index is 0.774. The third-order valence-electron chi connectivity index (χ3n) is 4.47. The number of hydrogen-bond acceptors (Lipinski definition) is 5. The van der Waals surface area contributed by atoms with Crippen molar-refractivity contribution in [2.75, 3.05) is 13.1 Å². The lowest BCUT2D eigenvalue weighted by Crippen LogP contribution is -2.27. The molecule has 4 heterocycles. The molecule has 7 heteroatoms. The molecular formula is C17H21N7. The molecule has 0 aliphatic carbocycles. The summed E-state index contributed by atoms with van der Waals surface area (Å²) >= 11 is 0. The van der Waals surface area contributed by atoms with E-state index < -0.39 is 0 Å². The van der Waals surface area contributed by atoms with Gasteiger partial charge in [-0.25, -0.2) is 14.6 Å². The van der Waals surface area contributed by atoms with E-state index in [1.165, 1.54) is 5.69 Å². The minimum Gasteiger partial charge on any atom is -0.334 e. The minimum absolute atomic E-state index is 0.774. The molecule has 1 aliphatic heterocycles. The van der Waals surface area contributed by atoms with E-state index in [0.717, 1.165) is 56.4 Å². The van der Waals surface area contributed by atoms with Crippen molar-refractivity contribution in [3.8, 4) is 11.4 Å². The third-order valence-corrected chi connectivity index (χ3v) is 4.47. The van der Waals surface area contributed by atoms with Gasteiger partial charge < -0.3 is 4.57 Å². The average Bonchev–Trinajstić information content (AvgIpc) is 3.20. The summed E-state index contributed by atoms with van der Waals surface area (Å²) in [5, 5.41) is 4.67. The fourth-order valence-corrected chi connectivity index (χ4v) is 3.11. The first-order chi connectivity index (χ1) is 11.8. The highest BCUT2D eigenvalue weighted by Gasteiger charge is 2.19. The van der Waals surface area contributed by atoms with Gasteiger partial charge in [-0.05, 0) is 19.1 Å². The number of pyridine rings is 1. The number of rotatable bonds is 4. The SMILES string of the molecule is CCn1cncc1CN1CCc2nc(-c3cccnc3)nn2CC1. The molecular weight excluding hydrogens is 302 g/mol. The first-order valence-corrected chi connectivity index (χ1v) is 8.39. The zero-order valence-electron chi connectivity index (χ0n) is 13.8. The third kappa shape index (κ3) is 2.94. The lowest BCUT2D eigenvalue weighted by molar-refractivity contribution is 0.262. The topological polar surface area (TPSA) is 64.7 Å². The Hall–Kier alpha value is -2.54. The van der Waals surface area contributed by atoms with E-state index in [1.807, 2.05) is 35.5 Å². The summed E-state index contributed by atoms with van der Waals surface area (Å²) in [5.41, 5.74) is 2.24. The number of nitrogens with zero attached hydrogens (tertiary/aromatic N) is 7. The molecule has 124 valence electrons. The van der Waals surface area contributed by atoms with E-state index in [-0.39, 0.29) is 0 Å². The Morgan fingerprint density at radius 1 is 1.12 bits per heavy atom. The van der Waals surface area contributed by atoms with E-state index in [4.69, 9.17) is 4.98 Å². The van der Waals surface area contributed by atoms with Crippen LogP contribution in [0.25, 0.3) is 11.4 Å². The van der Waals surface area contributed by atoms with Crippen LogP contribution in [0.4, 0.5) is 0 Å². The van der Waals surface area contributed by atoms with Crippen molar-refractivity contribution in [3.63, 3.8) is 0 Å². The summed E-state index contributed by atoms with van der Waals surface area (Å²) in [6.07, 6.45) is 8.36. The van der Waals surface area contributed by atoms with Crippen LogP contribution in [0.15, 0.2) is 37.1 Å². The lowest BCUT2D eigenvalue weighted by atomic mass is 10.3. The van der Waals surface area contributed by atoms with Crippen molar-refractivity contribution < 1.29 is 0 Å². The van der Waals surface area contributed by atoms with Crippen molar-refractivity contribution >= 4 is 0 Å². The summed E-state index contributed by atoms with van der Waals surface area (Å²) in [6.45, 7) is 6.85. The van der Waals surface area contributed by atoms with Crippen LogP contribution in [0.1, 0.15) is 18.4 Å². The van der Waals surface area contributed by atoms with Gasteiger partial charge in [0.1, 0.15) is 5.82 Å². The summed E-state index contributed by atoms with van der Waals surface area (Å²) in [5.74, 6) is 1.83. The van der Waals surface area contributed by atoms with Crippen LogP contribution in [-0.4, -0.2) is 47.3 Å². The second-order valence-electron chi connectivity index (χ2n) is 6.01. The molecule has 0 amide bonds. The van der Waals surface area contributed by atoms with Gasteiger partial charge in [0.2, 0.25) is 0 Å². The van der Waals surface area contributed by atoms with Gasteiger partial charge in [-0.15, -0.1) is 0 Å². The maximum absolute atomic E-state index is 4.71. The first kappa shape index (κ1) is 15.0. The van der Waals surface area contributed by atoms with E-state index >= 15 is 0 Å². The summed E-state index contributed by atoms with van der Waals surface area (Å²) in [6, 6.07) is 3.92. The molecule has 7 nitrogen and oxygen atoms in total. The first-order valence-electron chi connectivity index (χ1n) is 8.39. The highest BCUT2D eigenvalue weighted by Crippen LogP contribution is 2.17. The van der Waals surface area contributed by atoms with Crippen LogP contribution in [0.2, 0.25) is 0 Å². The van der Waals surface area contributed by atoms with Gasteiger partial charge in [0.05, 0.1) is 18.6 Å². The van der Waals surface area contributed by atoms with Gasteiger partial charge >= 0.3 is 0 Å². The fraction of sp³-hybridized carbons (Fsp3) is 0.412. The van der Waals surface area contributed by atoms with Gasteiger partial charge in [0.15, 0.2) is 5.82 Å². The van der Waals surface area contributed by atoms with Crippen molar-refractivity contribution in [2.24, 2.45) is 0 Å². The predicted octanol–water partition coefficient (Wildman–Crippen LogP) is 1.61. The quantitative estimate of drug-likeness (QED) is 0.730. The fourth-order valence-electron chi connectivity index (χ4n) is 3.11. The molecule has 0 bridgehead atoms. The second-order valence-corrected chi connectivity index (χ2v) is 6.01. The van der Waals surface area contributed by atoms with Gasteiger partial charge in [0.25, 0.3) is 0 Å². The molecule has 3 aromatic heterocycles. The standard InChI is InChI=1S/C17H21N7/c1-2-23-13-19-11-15(23)12-22-7-5-16-20-17(21-24(16)9-8-22)14-4-3-6-18-10-14/h3-4,6,10-11,13H,2,5,7-9,12H2,1H3. The van der Waals surface area contributed by atoms with Crippen LogP contribution in [0.3, 0.4) is 0 Å². The summed E-state index contributed by atoms with van der Waals surface area (Å²) in [4.78, 5) is 15.6. The van der Waals surface area contributed by atoms with Crippen LogP contribution in [0.5, 0.6) is 0 Å². The van der Waals surface area contributed by atoms with Crippen LogP contribution in [0, 0.1) is 0 Å². The van der Waals surface area contributed by atoms with Gasteiger partial charge in [0, 0.05) is 56.8 Å². The molecule has 0 atom stereocenters. The Morgan fingerprint density at radius 2 is 2.08 bits per heavy atom. The molecule has 4 rings (SSSR count). The van der Waals surface area contributed by atoms with Crippen LogP contribution in [-0.2, 0) is 26.1 Å². The Kier molecular flexibility index (Phi) is 4.08. The number of hydrogen-bond donors (Lipinski definition) is 0. The molecule has 0 aromatic carbocycles. The second kappa shape index (κ2) is 6.52. The Morgan fingerprint density at radius 3 is 2.92 bits per heavy atom. The lowest BCUT2D eigenvalue weighted by Gasteiger charge is -2.19. The van der Waals surface area contributed by atoms with E-state index in [9.17, 15) is 0 Å². The molecule has 3 aromatic rings. The number of aromatic nitrogens is 6. The maximum Gasteiger partial charge on any atom is 0.182 e. The number of fused-ring (bicyclic) bond motifs is 1. The molecule has 0 unspecified atom stereocenters. The van der Waals surface area contributed by atoms with Gasteiger partial charge in [-0.3, -0.25) is 9.88 Å².